The Morgan fingerprint density at radius 3 is 2.67 bits per heavy atom. The van der Waals surface area contributed by atoms with E-state index in [0.717, 1.165) is 37.3 Å². The van der Waals surface area contributed by atoms with Gasteiger partial charge in [-0.05, 0) is 43.2 Å². The lowest BCUT2D eigenvalue weighted by Crippen LogP contribution is -2.36. The molecule has 122 valence electrons. The number of anilines is 2. The molecule has 0 unspecified atom stereocenters. The van der Waals surface area contributed by atoms with Crippen LogP contribution in [0.2, 0.25) is 0 Å². The van der Waals surface area contributed by atoms with Crippen molar-refractivity contribution in [3.63, 3.8) is 0 Å². The van der Waals surface area contributed by atoms with E-state index < -0.39 is 0 Å². The van der Waals surface area contributed by atoms with E-state index >= 15 is 0 Å². The van der Waals surface area contributed by atoms with Gasteiger partial charge >= 0.3 is 0 Å². The van der Waals surface area contributed by atoms with Gasteiger partial charge in [0.2, 0.25) is 0 Å². The summed E-state index contributed by atoms with van der Waals surface area (Å²) < 4.78 is 0. The van der Waals surface area contributed by atoms with Crippen LogP contribution in [-0.4, -0.2) is 30.2 Å². The van der Waals surface area contributed by atoms with Gasteiger partial charge in [0.15, 0.2) is 0 Å². The largest absolute Gasteiger partial charge is 0.393 e. The Hall–Kier alpha value is -2.84. The number of nitrogens with zero attached hydrogens (tertiary/aromatic N) is 2. The van der Waals surface area contributed by atoms with Crippen LogP contribution in [0.5, 0.6) is 0 Å². The average molecular weight is 321 g/mol. The first-order valence-corrected chi connectivity index (χ1v) is 8.01. The number of carbonyl (C=O) groups excluding carboxylic acids is 1. The number of aliphatic hydroxyl groups is 1. The molecule has 1 aliphatic rings. The SMILES string of the molecule is N#Cc1cccc(C(=O)Nc2ccccc2N2CCC(O)CC2)c1. The normalized spacial score (nSPS) is 14.9. The van der Waals surface area contributed by atoms with Crippen LogP contribution in [0.15, 0.2) is 48.5 Å². The predicted molar refractivity (Wildman–Crippen MR) is 93.0 cm³/mol. The Labute approximate surface area is 141 Å². The second-order valence-electron chi connectivity index (χ2n) is 5.88. The van der Waals surface area contributed by atoms with Crippen LogP contribution in [0, 0.1) is 11.3 Å². The van der Waals surface area contributed by atoms with Crippen molar-refractivity contribution < 1.29 is 9.90 Å². The number of benzene rings is 2. The molecule has 3 rings (SSSR count). The van der Waals surface area contributed by atoms with E-state index in [1.54, 1.807) is 24.3 Å². The second-order valence-corrected chi connectivity index (χ2v) is 5.88. The van der Waals surface area contributed by atoms with Crippen molar-refractivity contribution in [3.8, 4) is 6.07 Å². The number of nitriles is 1. The highest BCUT2D eigenvalue weighted by atomic mass is 16.3. The van der Waals surface area contributed by atoms with Gasteiger partial charge in [0, 0.05) is 18.7 Å². The minimum Gasteiger partial charge on any atom is -0.393 e. The van der Waals surface area contributed by atoms with E-state index in [-0.39, 0.29) is 12.0 Å². The summed E-state index contributed by atoms with van der Waals surface area (Å²) in [5.41, 5.74) is 2.61. The topological polar surface area (TPSA) is 76.4 Å². The molecule has 5 heteroatoms. The van der Waals surface area contributed by atoms with Crippen LogP contribution < -0.4 is 10.2 Å². The number of hydrogen-bond acceptors (Lipinski definition) is 4. The van der Waals surface area contributed by atoms with Crippen molar-refractivity contribution >= 4 is 17.3 Å². The van der Waals surface area contributed by atoms with Gasteiger partial charge in [-0.2, -0.15) is 5.26 Å². The summed E-state index contributed by atoms with van der Waals surface area (Å²) in [6, 6.07) is 16.3. The zero-order valence-electron chi connectivity index (χ0n) is 13.3. The molecular formula is C19H19N3O2. The fourth-order valence-electron chi connectivity index (χ4n) is 2.89. The van der Waals surface area contributed by atoms with Crippen LogP contribution in [0.3, 0.4) is 0 Å². The molecule has 0 spiro atoms. The molecule has 1 saturated heterocycles. The molecule has 2 N–H and O–H groups in total. The molecule has 0 aromatic heterocycles. The first kappa shape index (κ1) is 16.0. The summed E-state index contributed by atoms with van der Waals surface area (Å²) in [6.07, 6.45) is 1.22. The van der Waals surface area contributed by atoms with E-state index in [2.05, 4.69) is 10.2 Å². The summed E-state index contributed by atoms with van der Waals surface area (Å²) in [6.45, 7) is 1.52. The maximum absolute atomic E-state index is 12.5. The van der Waals surface area contributed by atoms with Gasteiger partial charge in [0.1, 0.15) is 0 Å². The van der Waals surface area contributed by atoms with Crippen LogP contribution in [0.25, 0.3) is 0 Å². The van der Waals surface area contributed by atoms with E-state index in [1.165, 1.54) is 0 Å². The lowest BCUT2D eigenvalue weighted by Gasteiger charge is -2.32. The monoisotopic (exact) mass is 321 g/mol. The lowest BCUT2D eigenvalue weighted by atomic mass is 10.1. The highest BCUT2D eigenvalue weighted by molar-refractivity contribution is 6.06. The van der Waals surface area contributed by atoms with Crippen LogP contribution >= 0.6 is 0 Å². The summed E-state index contributed by atoms with van der Waals surface area (Å²) in [4.78, 5) is 14.7. The summed E-state index contributed by atoms with van der Waals surface area (Å²) in [7, 11) is 0. The van der Waals surface area contributed by atoms with Crippen molar-refractivity contribution in [3.05, 3.63) is 59.7 Å². The van der Waals surface area contributed by atoms with E-state index in [0.29, 0.717) is 11.1 Å². The Morgan fingerprint density at radius 2 is 1.92 bits per heavy atom. The molecule has 0 aliphatic carbocycles. The van der Waals surface area contributed by atoms with E-state index in [4.69, 9.17) is 5.26 Å². The van der Waals surface area contributed by atoms with Gasteiger partial charge in [-0.1, -0.05) is 18.2 Å². The minimum absolute atomic E-state index is 0.239. The standard InChI is InChI=1S/C19H19N3O2/c20-13-14-4-3-5-15(12-14)19(24)21-17-6-1-2-7-18(17)22-10-8-16(23)9-11-22/h1-7,12,16,23H,8-11H2,(H,21,24). The third-order valence-electron chi connectivity index (χ3n) is 4.21. The Bertz CT molecular complexity index is 774. The smallest absolute Gasteiger partial charge is 0.255 e. The van der Waals surface area contributed by atoms with Crippen LogP contribution in [-0.2, 0) is 0 Å². The zero-order valence-corrected chi connectivity index (χ0v) is 13.3. The van der Waals surface area contributed by atoms with E-state index in [9.17, 15) is 9.90 Å². The fraction of sp³-hybridized carbons (Fsp3) is 0.263. The summed E-state index contributed by atoms with van der Waals surface area (Å²) >= 11 is 0. The van der Waals surface area contributed by atoms with Gasteiger partial charge < -0.3 is 15.3 Å². The Balaban J connectivity index is 1.80. The molecule has 1 aliphatic heterocycles. The van der Waals surface area contributed by atoms with Crippen LogP contribution in [0.1, 0.15) is 28.8 Å². The van der Waals surface area contributed by atoms with Crippen molar-refractivity contribution in [2.45, 2.75) is 18.9 Å². The second kappa shape index (κ2) is 7.16. The van der Waals surface area contributed by atoms with Gasteiger partial charge in [0.25, 0.3) is 5.91 Å². The maximum atomic E-state index is 12.5. The van der Waals surface area contributed by atoms with Gasteiger partial charge in [-0.25, -0.2) is 0 Å². The van der Waals surface area contributed by atoms with Crippen molar-refractivity contribution in [2.24, 2.45) is 0 Å². The molecule has 0 bridgehead atoms. The molecule has 0 atom stereocenters. The average Bonchev–Trinajstić information content (AvgIpc) is 2.63. The highest BCUT2D eigenvalue weighted by Gasteiger charge is 2.20. The third-order valence-corrected chi connectivity index (χ3v) is 4.21. The number of amides is 1. The molecule has 1 fully saturated rings. The Morgan fingerprint density at radius 1 is 1.17 bits per heavy atom. The predicted octanol–water partition coefficient (Wildman–Crippen LogP) is 2.77. The molecule has 1 heterocycles. The number of hydrogen-bond donors (Lipinski definition) is 2. The molecule has 1 amide bonds. The lowest BCUT2D eigenvalue weighted by molar-refractivity contribution is 0.102. The minimum atomic E-state index is -0.239. The number of nitrogens with one attached hydrogen (secondary N) is 1. The third kappa shape index (κ3) is 3.55. The van der Waals surface area contributed by atoms with E-state index in [1.807, 2.05) is 30.3 Å². The maximum Gasteiger partial charge on any atom is 0.255 e. The first-order chi connectivity index (χ1) is 11.7. The molecule has 2 aromatic rings. The summed E-state index contributed by atoms with van der Waals surface area (Å²) in [5, 5.41) is 21.6. The van der Waals surface area contributed by atoms with Crippen molar-refractivity contribution in [2.75, 3.05) is 23.3 Å². The van der Waals surface area contributed by atoms with Gasteiger partial charge in [-0.3, -0.25) is 4.79 Å². The zero-order chi connectivity index (χ0) is 16.9. The Kier molecular flexibility index (Phi) is 4.78. The molecule has 0 saturated carbocycles. The van der Waals surface area contributed by atoms with Crippen LogP contribution in [0.4, 0.5) is 11.4 Å². The quantitative estimate of drug-likeness (QED) is 0.911. The number of carbonyl (C=O) groups is 1. The first-order valence-electron chi connectivity index (χ1n) is 8.01. The number of rotatable bonds is 3. The summed E-state index contributed by atoms with van der Waals surface area (Å²) in [5.74, 6) is -0.239. The molecular weight excluding hydrogens is 302 g/mol. The molecule has 0 radical (unpaired) electrons. The van der Waals surface area contributed by atoms with Crippen molar-refractivity contribution in [1.29, 1.82) is 5.26 Å². The number of piperidine rings is 1. The number of para-hydroxylation sites is 2. The number of aliphatic hydroxyl groups excluding tert-OH is 1. The molecule has 24 heavy (non-hydrogen) atoms. The van der Waals surface area contributed by atoms with Crippen molar-refractivity contribution in [1.82, 2.24) is 0 Å². The van der Waals surface area contributed by atoms with Gasteiger partial charge in [0.05, 0.1) is 29.1 Å². The molecule has 2 aromatic carbocycles. The highest BCUT2D eigenvalue weighted by Crippen LogP contribution is 2.28. The fourth-order valence-corrected chi connectivity index (χ4v) is 2.89. The molecule has 5 nitrogen and oxygen atoms in total. The van der Waals surface area contributed by atoms with Gasteiger partial charge in [-0.15, -0.1) is 0 Å².